The Labute approximate surface area is 179 Å². The second kappa shape index (κ2) is 7.92. The monoisotopic (exact) mass is 419 g/mol. The van der Waals surface area contributed by atoms with E-state index in [2.05, 4.69) is 15.3 Å². The molecule has 4 rings (SSSR count). The molecular weight excluding hydrogens is 398 g/mol. The molecular formula is C24H22ClN3O2. The fourth-order valence-corrected chi connectivity index (χ4v) is 3.86. The number of nitrogens with zero attached hydrogens (tertiary/aromatic N) is 2. The lowest BCUT2D eigenvalue weighted by Crippen LogP contribution is -2.12. The van der Waals surface area contributed by atoms with Crippen molar-refractivity contribution in [3.8, 4) is 11.3 Å². The van der Waals surface area contributed by atoms with Crippen LogP contribution in [0.2, 0.25) is 5.15 Å². The molecule has 0 aliphatic carbocycles. The number of hydrogen-bond donors (Lipinski definition) is 1. The predicted octanol–water partition coefficient (Wildman–Crippen LogP) is 6.00. The first kappa shape index (κ1) is 20.1. The SMILES string of the molecule is Cc1cc(C(C)Nc2ccc(C)nc2Cl)c2oc(-c3cccnc3)c(C)c(=O)c2c1. The first-order chi connectivity index (χ1) is 14.3. The highest BCUT2D eigenvalue weighted by Crippen LogP contribution is 2.32. The Bertz CT molecular complexity index is 1300. The summed E-state index contributed by atoms with van der Waals surface area (Å²) in [7, 11) is 0. The number of nitrogens with one attached hydrogen (secondary N) is 1. The number of halogens is 1. The smallest absolute Gasteiger partial charge is 0.196 e. The summed E-state index contributed by atoms with van der Waals surface area (Å²) in [6.45, 7) is 7.66. The third-order valence-corrected chi connectivity index (χ3v) is 5.43. The van der Waals surface area contributed by atoms with E-state index in [1.54, 1.807) is 19.3 Å². The topological polar surface area (TPSA) is 68.0 Å². The van der Waals surface area contributed by atoms with Gasteiger partial charge in [-0.1, -0.05) is 17.7 Å². The number of aryl methyl sites for hydroxylation is 2. The average molecular weight is 420 g/mol. The van der Waals surface area contributed by atoms with Crippen molar-refractivity contribution in [1.82, 2.24) is 9.97 Å². The van der Waals surface area contributed by atoms with Gasteiger partial charge in [0.15, 0.2) is 10.6 Å². The average Bonchev–Trinajstić information content (AvgIpc) is 2.73. The second-order valence-corrected chi connectivity index (χ2v) is 7.87. The number of hydrogen-bond acceptors (Lipinski definition) is 5. The van der Waals surface area contributed by atoms with Gasteiger partial charge in [0.25, 0.3) is 0 Å². The van der Waals surface area contributed by atoms with Gasteiger partial charge in [-0.2, -0.15) is 0 Å². The largest absolute Gasteiger partial charge is 0.455 e. The molecule has 0 amide bonds. The van der Waals surface area contributed by atoms with E-state index in [1.165, 1.54) is 0 Å². The molecule has 4 aromatic rings. The van der Waals surface area contributed by atoms with E-state index in [4.69, 9.17) is 16.0 Å². The third kappa shape index (κ3) is 3.68. The van der Waals surface area contributed by atoms with Crippen LogP contribution < -0.4 is 10.7 Å². The molecule has 1 aromatic carbocycles. The van der Waals surface area contributed by atoms with Gasteiger partial charge >= 0.3 is 0 Å². The molecule has 6 heteroatoms. The van der Waals surface area contributed by atoms with Crippen LogP contribution >= 0.6 is 11.6 Å². The van der Waals surface area contributed by atoms with Gasteiger partial charge in [0.05, 0.1) is 17.1 Å². The molecule has 1 N–H and O–H groups in total. The fourth-order valence-electron chi connectivity index (χ4n) is 3.61. The van der Waals surface area contributed by atoms with Crippen LogP contribution in [0.15, 0.2) is 58.0 Å². The van der Waals surface area contributed by atoms with Crippen molar-refractivity contribution in [2.24, 2.45) is 0 Å². The van der Waals surface area contributed by atoms with Crippen molar-refractivity contribution >= 4 is 28.3 Å². The lowest BCUT2D eigenvalue weighted by molar-refractivity contribution is 0.605. The first-order valence-electron chi connectivity index (χ1n) is 9.73. The standard InChI is InChI=1S/C24H22ClN3O2/c1-13-10-18(16(4)28-20-8-7-14(2)27-24(20)25)23-19(11-13)21(29)15(3)22(30-23)17-6-5-9-26-12-17/h5-12,16,28H,1-4H3. The van der Waals surface area contributed by atoms with E-state index in [-0.39, 0.29) is 11.5 Å². The molecule has 152 valence electrons. The fraction of sp³-hybridized carbons (Fsp3) is 0.208. The molecule has 1 unspecified atom stereocenters. The zero-order valence-electron chi connectivity index (χ0n) is 17.3. The summed E-state index contributed by atoms with van der Waals surface area (Å²) in [6, 6.07) is 11.3. The zero-order chi connectivity index (χ0) is 21.4. The van der Waals surface area contributed by atoms with Gasteiger partial charge in [-0.3, -0.25) is 9.78 Å². The van der Waals surface area contributed by atoms with Crippen molar-refractivity contribution in [1.29, 1.82) is 0 Å². The molecule has 0 fully saturated rings. The van der Waals surface area contributed by atoms with E-state index < -0.39 is 0 Å². The summed E-state index contributed by atoms with van der Waals surface area (Å²) in [5.74, 6) is 0.535. The van der Waals surface area contributed by atoms with Crippen molar-refractivity contribution in [2.45, 2.75) is 33.7 Å². The molecule has 5 nitrogen and oxygen atoms in total. The summed E-state index contributed by atoms with van der Waals surface area (Å²) >= 11 is 6.31. The first-order valence-corrected chi connectivity index (χ1v) is 10.1. The molecule has 0 bridgehead atoms. The van der Waals surface area contributed by atoms with E-state index >= 15 is 0 Å². The quantitative estimate of drug-likeness (QED) is 0.411. The summed E-state index contributed by atoms with van der Waals surface area (Å²) < 4.78 is 6.33. The Morgan fingerprint density at radius 3 is 2.63 bits per heavy atom. The van der Waals surface area contributed by atoms with Gasteiger partial charge in [0, 0.05) is 34.8 Å². The van der Waals surface area contributed by atoms with Crippen molar-refractivity contribution in [2.75, 3.05) is 5.32 Å². The Kier molecular flexibility index (Phi) is 5.31. The summed E-state index contributed by atoms with van der Waals surface area (Å²) in [5, 5.41) is 4.37. The summed E-state index contributed by atoms with van der Waals surface area (Å²) in [6.07, 6.45) is 3.39. The molecule has 1 atom stereocenters. The number of rotatable bonds is 4. The van der Waals surface area contributed by atoms with Gasteiger partial charge in [0.1, 0.15) is 11.3 Å². The molecule has 0 radical (unpaired) electrons. The van der Waals surface area contributed by atoms with Crippen molar-refractivity contribution in [3.63, 3.8) is 0 Å². The maximum atomic E-state index is 13.2. The molecule has 0 spiro atoms. The second-order valence-electron chi connectivity index (χ2n) is 7.51. The van der Waals surface area contributed by atoms with Crippen LogP contribution in [0.3, 0.4) is 0 Å². The van der Waals surface area contributed by atoms with Crippen LogP contribution in [0.4, 0.5) is 5.69 Å². The minimum atomic E-state index is -0.165. The Morgan fingerprint density at radius 1 is 1.13 bits per heavy atom. The van der Waals surface area contributed by atoms with Gasteiger partial charge in [-0.25, -0.2) is 4.98 Å². The minimum absolute atomic E-state index is 0.0395. The normalized spacial score (nSPS) is 12.2. The van der Waals surface area contributed by atoms with Gasteiger partial charge < -0.3 is 9.73 Å². The van der Waals surface area contributed by atoms with Crippen LogP contribution in [-0.2, 0) is 0 Å². The van der Waals surface area contributed by atoms with Gasteiger partial charge in [-0.15, -0.1) is 0 Å². The van der Waals surface area contributed by atoms with E-state index in [1.807, 2.05) is 57.2 Å². The summed E-state index contributed by atoms with van der Waals surface area (Å²) in [5.41, 5.74) is 5.30. The molecule has 3 aromatic heterocycles. The number of pyridine rings is 2. The Balaban J connectivity index is 1.89. The zero-order valence-corrected chi connectivity index (χ0v) is 18.0. The van der Waals surface area contributed by atoms with E-state index in [0.29, 0.717) is 27.4 Å². The van der Waals surface area contributed by atoms with Crippen LogP contribution in [0.5, 0.6) is 0 Å². The molecule has 0 saturated carbocycles. The molecule has 0 aliphatic rings. The van der Waals surface area contributed by atoms with Crippen molar-refractivity contribution in [3.05, 3.63) is 86.6 Å². The highest BCUT2D eigenvalue weighted by Gasteiger charge is 2.19. The van der Waals surface area contributed by atoms with Crippen LogP contribution in [0.25, 0.3) is 22.3 Å². The van der Waals surface area contributed by atoms with Crippen molar-refractivity contribution < 1.29 is 4.42 Å². The molecule has 0 saturated heterocycles. The molecule has 30 heavy (non-hydrogen) atoms. The number of anilines is 1. The van der Waals surface area contributed by atoms with E-state index in [9.17, 15) is 4.79 Å². The molecule has 0 aliphatic heterocycles. The number of benzene rings is 1. The van der Waals surface area contributed by atoms with Gasteiger partial charge in [-0.05, 0) is 63.6 Å². The van der Waals surface area contributed by atoms with Crippen LogP contribution in [0.1, 0.15) is 35.3 Å². The highest BCUT2D eigenvalue weighted by molar-refractivity contribution is 6.32. The summed E-state index contributed by atoms with van der Waals surface area (Å²) in [4.78, 5) is 21.6. The highest BCUT2D eigenvalue weighted by atomic mass is 35.5. The van der Waals surface area contributed by atoms with Gasteiger partial charge in [0.2, 0.25) is 0 Å². The predicted molar refractivity (Wildman–Crippen MR) is 121 cm³/mol. The van der Waals surface area contributed by atoms with Crippen LogP contribution in [0, 0.1) is 20.8 Å². The Hall–Kier alpha value is -3.18. The maximum Gasteiger partial charge on any atom is 0.196 e. The Morgan fingerprint density at radius 2 is 1.93 bits per heavy atom. The number of aromatic nitrogens is 2. The number of fused-ring (bicyclic) bond motifs is 1. The van der Waals surface area contributed by atoms with Crippen LogP contribution in [-0.4, -0.2) is 9.97 Å². The maximum absolute atomic E-state index is 13.2. The lowest BCUT2D eigenvalue weighted by atomic mass is 9.99. The minimum Gasteiger partial charge on any atom is -0.455 e. The lowest BCUT2D eigenvalue weighted by Gasteiger charge is -2.19. The third-order valence-electron chi connectivity index (χ3n) is 5.14. The van der Waals surface area contributed by atoms with E-state index in [0.717, 1.165) is 28.1 Å². The molecule has 3 heterocycles.